The molecule has 0 amide bonds. The molecule has 2 N–H and O–H groups in total. The molecule has 0 aromatic heterocycles. The summed E-state index contributed by atoms with van der Waals surface area (Å²) in [6.07, 6.45) is 20.1. The van der Waals surface area contributed by atoms with Gasteiger partial charge >= 0.3 is 0 Å². The maximum atomic E-state index is 10.5. The third-order valence-corrected chi connectivity index (χ3v) is 9.96. The monoisotopic (exact) mass is 628 g/mol. The minimum absolute atomic E-state index is 0.237. The average molecular weight is 628 g/mol. The number of allylic oxidation sites excluding steroid dienone is 5. The van der Waals surface area contributed by atoms with Crippen LogP contribution in [0.5, 0.6) is 0 Å². The van der Waals surface area contributed by atoms with E-state index in [2.05, 4.69) is 126 Å². The van der Waals surface area contributed by atoms with E-state index in [0.717, 1.165) is 56.6 Å². The smallest absolute Gasteiger partial charge is 0.0784 e. The van der Waals surface area contributed by atoms with Gasteiger partial charge < -0.3 is 20.2 Å². The molecule has 1 saturated heterocycles. The quantitative estimate of drug-likeness (QED) is 0.190. The van der Waals surface area contributed by atoms with Gasteiger partial charge in [0.05, 0.1) is 23.0 Å². The van der Waals surface area contributed by atoms with Crippen molar-refractivity contribution in [3.8, 4) is 0 Å². The van der Waals surface area contributed by atoms with Crippen molar-refractivity contribution in [3.63, 3.8) is 0 Å². The fourth-order valence-corrected chi connectivity index (χ4v) is 6.44. The van der Waals surface area contributed by atoms with E-state index in [1.54, 1.807) is 0 Å². The van der Waals surface area contributed by atoms with Crippen molar-refractivity contribution in [2.45, 2.75) is 138 Å². The molecule has 0 aliphatic carbocycles. The molecule has 0 bridgehead atoms. The lowest BCUT2D eigenvalue weighted by Gasteiger charge is -2.38. The average Bonchev–Trinajstić information content (AvgIpc) is 3.03. The fraction of sp³-hybridized carbons (Fsp3) is 0.571. The third-order valence-electron chi connectivity index (χ3n) is 9.96. The predicted octanol–water partition coefficient (Wildman–Crippen LogP) is 10.6. The number of rotatable bonds is 15. The van der Waals surface area contributed by atoms with Crippen molar-refractivity contribution in [1.82, 2.24) is 15.1 Å². The van der Waals surface area contributed by atoms with Crippen LogP contribution in [0.3, 0.4) is 0 Å². The van der Waals surface area contributed by atoms with Gasteiger partial charge in [-0.15, -0.1) is 0 Å². The van der Waals surface area contributed by atoms with Gasteiger partial charge in [0, 0.05) is 31.2 Å². The molecule has 3 rings (SSSR count). The zero-order valence-corrected chi connectivity index (χ0v) is 31.0. The summed E-state index contributed by atoms with van der Waals surface area (Å²) >= 11 is 0. The minimum Gasteiger partial charge on any atom is -0.390 e. The minimum atomic E-state index is -0.673. The van der Waals surface area contributed by atoms with E-state index in [9.17, 15) is 5.11 Å². The third kappa shape index (κ3) is 10.5. The molecule has 46 heavy (non-hydrogen) atoms. The highest BCUT2D eigenvalue weighted by Gasteiger charge is 2.25. The van der Waals surface area contributed by atoms with E-state index in [4.69, 9.17) is 0 Å². The van der Waals surface area contributed by atoms with Crippen LogP contribution in [-0.4, -0.2) is 39.6 Å². The van der Waals surface area contributed by atoms with E-state index >= 15 is 0 Å². The Morgan fingerprint density at radius 1 is 1.13 bits per heavy atom. The van der Waals surface area contributed by atoms with E-state index in [-0.39, 0.29) is 6.04 Å². The Morgan fingerprint density at radius 3 is 2.41 bits per heavy atom. The van der Waals surface area contributed by atoms with Crippen LogP contribution in [0.15, 0.2) is 83.6 Å². The van der Waals surface area contributed by atoms with Crippen molar-refractivity contribution in [2.75, 3.05) is 13.1 Å². The summed E-state index contributed by atoms with van der Waals surface area (Å²) in [5, 5.41) is 14.2. The van der Waals surface area contributed by atoms with Gasteiger partial charge in [-0.3, -0.25) is 0 Å². The Hall–Kier alpha value is -2.98. The van der Waals surface area contributed by atoms with Crippen LogP contribution in [0, 0.1) is 5.92 Å². The lowest BCUT2D eigenvalue weighted by Crippen LogP contribution is -2.38. The Labute approximate surface area is 282 Å². The van der Waals surface area contributed by atoms with Crippen molar-refractivity contribution < 1.29 is 5.11 Å². The van der Waals surface area contributed by atoms with E-state index in [1.165, 1.54) is 58.4 Å². The van der Waals surface area contributed by atoms with Gasteiger partial charge in [0.1, 0.15) is 0 Å². The molecule has 1 aromatic carbocycles. The molecule has 4 nitrogen and oxygen atoms in total. The summed E-state index contributed by atoms with van der Waals surface area (Å²) in [5.41, 5.74) is 10.8. The molecule has 2 atom stereocenters. The van der Waals surface area contributed by atoms with E-state index in [1.807, 2.05) is 13.8 Å². The first kappa shape index (κ1) is 37.5. The standard InChI is InChI=1S/C42H65N3O/c1-12-31(6)38(22-23-42(10,11)46)28-45-29-40(41(26-33(45)8)44-24-16-15-17-25-44)43-34(9)32(7)18-19-35(13-2)37-21-20-36(14-3)39(27-37)30(4)5/h13,18,20-21,26-31,33,43,46H,9,12,14-17,19,22-25H2,1-8,10-11H3/b32-18+,35-13+,38-28-. The van der Waals surface area contributed by atoms with Crippen LogP contribution in [0.1, 0.15) is 137 Å². The normalized spacial score (nSPS) is 19.3. The molecule has 4 heteroatoms. The maximum absolute atomic E-state index is 10.5. The molecule has 1 fully saturated rings. The first-order valence-electron chi connectivity index (χ1n) is 18.1. The van der Waals surface area contributed by atoms with Crippen LogP contribution < -0.4 is 5.32 Å². The number of nitrogens with zero attached hydrogens (tertiary/aromatic N) is 2. The highest BCUT2D eigenvalue weighted by molar-refractivity contribution is 5.68. The van der Waals surface area contributed by atoms with Crippen LogP contribution in [0.4, 0.5) is 0 Å². The second-order valence-corrected chi connectivity index (χ2v) is 14.6. The number of hydrogen-bond acceptors (Lipinski definition) is 4. The highest BCUT2D eigenvalue weighted by atomic mass is 16.3. The first-order valence-corrected chi connectivity index (χ1v) is 18.1. The highest BCUT2D eigenvalue weighted by Crippen LogP contribution is 2.31. The van der Waals surface area contributed by atoms with E-state index in [0.29, 0.717) is 11.8 Å². The van der Waals surface area contributed by atoms with Gasteiger partial charge in [-0.1, -0.05) is 77.1 Å². The van der Waals surface area contributed by atoms with Gasteiger partial charge in [-0.05, 0) is 132 Å². The molecule has 2 aliphatic rings. The van der Waals surface area contributed by atoms with Crippen LogP contribution >= 0.6 is 0 Å². The molecule has 0 radical (unpaired) electrons. The number of piperidine rings is 1. The fourth-order valence-electron chi connectivity index (χ4n) is 6.44. The molecule has 2 aliphatic heterocycles. The first-order chi connectivity index (χ1) is 21.8. The molecular weight excluding hydrogens is 562 g/mol. The second-order valence-electron chi connectivity index (χ2n) is 14.6. The molecule has 254 valence electrons. The van der Waals surface area contributed by atoms with Gasteiger partial charge in [-0.25, -0.2) is 0 Å². The summed E-state index contributed by atoms with van der Waals surface area (Å²) in [4.78, 5) is 4.92. The summed E-state index contributed by atoms with van der Waals surface area (Å²) < 4.78 is 0. The summed E-state index contributed by atoms with van der Waals surface area (Å²) in [6.45, 7) is 28.5. The summed E-state index contributed by atoms with van der Waals surface area (Å²) in [5.74, 6) is 0.975. The van der Waals surface area contributed by atoms with E-state index < -0.39 is 5.60 Å². The zero-order chi connectivity index (χ0) is 34.0. The molecule has 2 heterocycles. The Morgan fingerprint density at radius 2 is 1.83 bits per heavy atom. The van der Waals surface area contributed by atoms with Gasteiger partial charge in [0.15, 0.2) is 0 Å². The lowest BCUT2D eigenvalue weighted by atomic mass is 9.90. The molecule has 1 aromatic rings. The summed E-state index contributed by atoms with van der Waals surface area (Å²) in [6, 6.07) is 7.24. The Kier molecular flexibility index (Phi) is 14.1. The van der Waals surface area contributed by atoms with Gasteiger partial charge in [0.25, 0.3) is 0 Å². The molecular formula is C42H65N3O. The van der Waals surface area contributed by atoms with Crippen molar-refractivity contribution in [3.05, 3.63) is 100 Å². The SMILES string of the molecule is C=C(NC1=CN(/C=C(/CCC(C)(C)O)C(C)CC)C(C)C=C1N1CCCCC1)/C(C)=C/C/C(=C\C)c1ccc(CC)c(C(C)C)c1. The number of hydrogen-bond donors (Lipinski definition) is 2. The topological polar surface area (TPSA) is 38.7 Å². The number of likely N-dealkylation sites (tertiary alicyclic amines) is 1. The van der Waals surface area contributed by atoms with Crippen LogP contribution in [0.2, 0.25) is 0 Å². The largest absolute Gasteiger partial charge is 0.390 e. The lowest BCUT2D eigenvalue weighted by molar-refractivity contribution is 0.0706. The molecule has 2 unspecified atom stereocenters. The number of nitrogens with one attached hydrogen (secondary N) is 1. The van der Waals surface area contributed by atoms with Crippen LogP contribution in [0.25, 0.3) is 5.57 Å². The second kappa shape index (κ2) is 17.3. The number of aliphatic hydroxyl groups is 1. The number of aryl methyl sites for hydroxylation is 1. The van der Waals surface area contributed by atoms with Crippen LogP contribution in [-0.2, 0) is 6.42 Å². The number of benzene rings is 1. The van der Waals surface area contributed by atoms with Gasteiger partial charge in [-0.2, -0.15) is 0 Å². The van der Waals surface area contributed by atoms with Gasteiger partial charge in [0.2, 0.25) is 0 Å². The Bertz CT molecular complexity index is 1330. The molecule has 0 spiro atoms. The van der Waals surface area contributed by atoms with Crippen molar-refractivity contribution in [2.24, 2.45) is 5.92 Å². The predicted molar refractivity (Wildman–Crippen MR) is 200 cm³/mol. The Balaban J connectivity index is 1.88. The van der Waals surface area contributed by atoms with Crippen molar-refractivity contribution in [1.29, 1.82) is 0 Å². The summed E-state index contributed by atoms with van der Waals surface area (Å²) in [7, 11) is 0. The molecule has 0 saturated carbocycles. The maximum Gasteiger partial charge on any atom is 0.0784 e. The zero-order valence-electron chi connectivity index (χ0n) is 31.0. The van der Waals surface area contributed by atoms with Crippen molar-refractivity contribution >= 4 is 5.57 Å².